The fraction of sp³-hybridized carbons (Fsp3) is 0.211. The van der Waals surface area contributed by atoms with Crippen molar-refractivity contribution < 1.29 is 23.9 Å². The number of benzene rings is 2. The molecule has 0 aliphatic heterocycles. The van der Waals surface area contributed by atoms with Crippen molar-refractivity contribution in [1.29, 1.82) is 0 Å². The maximum absolute atomic E-state index is 12.3. The maximum atomic E-state index is 12.3. The van der Waals surface area contributed by atoms with Gasteiger partial charge in [-0.1, -0.05) is 17.7 Å². The van der Waals surface area contributed by atoms with E-state index in [2.05, 4.69) is 10.1 Å². The molecule has 7 heteroatoms. The lowest BCUT2D eigenvalue weighted by Crippen LogP contribution is -2.18. The van der Waals surface area contributed by atoms with Crippen LogP contribution in [-0.4, -0.2) is 37.8 Å². The Labute approximate surface area is 155 Å². The highest BCUT2D eigenvalue weighted by Gasteiger charge is 2.17. The Balaban J connectivity index is 2.14. The number of esters is 2. The fourth-order valence-corrected chi connectivity index (χ4v) is 2.85. The van der Waals surface area contributed by atoms with Gasteiger partial charge in [-0.05, 0) is 37.3 Å². The molecule has 1 amide bonds. The van der Waals surface area contributed by atoms with Crippen LogP contribution in [0.3, 0.4) is 0 Å². The normalized spacial score (nSPS) is 10.1. The molecule has 0 radical (unpaired) electrons. The number of ether oxygens (including phenoxy) is 2. The zero-order chi connectivity index (χ0) is 19.1. The molecule has 0 aliphatic carbocycles. The van der Waals surface area contributed by atoms with Gasteiger partial charge in [0, 0.05) is 4.90 Å². The van der Waals surface area contributed by atoms with E-state index in [0.717, 1.165) is 10.5 Å². The largest absolute Gasteiger partial charge is 0.465 e. The fourth-order valence-electron chi connectivity index (χ4n) is 2.15. The number of carbonyl (C=O) groups is 3. The van der Waals surface area contributed by atoms with Crippen molar-refractivity contribution in [3.63, 3.8) is 0 Å². The second-order valence-corrected chi connectivity index (χ2v) is 6.44. The molecule has 26 heavy (non-hydrogen) atoms. The highest BCUT2D eigenvalue weighted by Crippen LogP contribution is 2.22. The van der Waals surface area contributed by atoms with E-state index in [4.69, 9.17) is 4.74 Å². The van der Waals surface area contributed by atoms with E-state index >= 15 is 0 Å². The molecule has 2 aromatic rings. The highest BCUT2D eigenvalue weighted by atomic mass is 32.2. The number of amides is 1. The second-order valence-electron chi connectivity index (χ2n) is 5.39. The van der Waals surface area contributed by atoms with Crippen molar-refractivity contribution in [2.24, 2.45) is 0 Å². The maximum Gasteiger partial charge on any atom is 0.339 e. The Hall–Kier alpha value is -2.80. The molecule has 0 fully saturated rings. The van der Waals surface area contributed by atoms with Gasteiger partial charge in [0.1, 0.15) is 0 Å². The monoisotopic (exact) mass is 373 g/mol. The van der Waals surface area contributed by atoms with E-state index in [9.17, 15) is 14.4 Å². The molecule has 0 bridgehead atoms. The third kappa shape index (κ3) is 5.10. The summed E-state index contributed by atoms with van der Waals surface area (Å²) in [4.78, 5) is 36.8. The molecule has 0 saturated heterocycles. The molecule has 0 spiro atoms. The molecule has 2 aromatic carbocycles. The Morgan fingerprint density at radius 2 is 1.62 bits per heavy atom. The van der Waals surface area contributed by atoms with Crippen LogP contribution in [-0.2, 0) is 14.3 Å². The SMILES string of the molecule is COC(=O)c1ccc(C(=O)OC)c(NC(=O)CSc2ccc(C)cc2)c1. The number of methoxy groups -OCH3 is 2. The molecular weight excluding hydrogens is 354 g/mol. The van der Waals surface area contributed by atoms with Crippen molar-refractivity contribution in [1.82, 2.24) is 0 Å². The number of thioether (sulfide) groups is 1. The van der Waals surface area contributed by atoms with Crippen molar-refractivity contribution in [3.8, 4) is 0 Å². The molecule has 136 valence electrons. The van der Waals surface area contributed by atoms with Crippen molar-refractivity contribution in [3.05, 3.63) is 59.2 Å². The Kier molecular flexibility index (Phi) is 6.80. The first-order valence-corrected chi connectivity index (χ1v) is 8.73. The lowest BCUT2D eigenvalue weighted by Gasteiger charge is -2.11. The summed E-state index contributed by atoms with van der Waals surface area (Å²) in [7, 11) is 2.50. The number of nitrogens with one attached hydrogen (secondary N) is 1. The number of hydrogen-bond donors (Lipinski definition) is 1. The van der Waals surface area contributed by atoms with Gasteiger partial charge >= 0.3 is 11.9 Å². The Morgan fingerprint density at radius 1 is 0.962 bits per heavy atom. The van der Waals surface area contributed by atoms with Crippen molar-refractivity contribution in [2.75, 3.05) is 25.3 Å². The van der Waals surface area contributed by atoms with Gasteiger partial charge < -0.3 is 14.8 Å². The standard InChI is InChI=1S/C19H19NO5S/c1-12-4-7-14(8-5-12)26-11-17(21)20-16-10-13(18(22)24-2)6-9-15(16)19(23)25-3/h4-10H,11H2,1-3H3,(H,20,21). The van der Waals surface area contributed by atoms with E-state index in [1.807, 2.05) is 31.2 Å². The molecule has 0 heterocycles. The lowest BCUT2D eigenvalue weighted by atomic mass is 10.1. The number of rotatable bonds is 6. The third-order valence-corrected chi connectivity index (χ3v) is 4.52. The lowest BCUT2D eigenvalue weighted by molar-refractivity contribution is -0.113. The summed E-state index contributed by atoms with van der Waals surface area (Å²) >= 11 is 1.37. The first kappa shape index (κ1) is 19.5. The van der Waals surface area contributed by atoms with Gasteiger partial charge in [-0.15, -0.1) is 11.8 Å². The van der Waals surface area contributed by atoms with Crippen LogP contribution in [0, 0.1) is 6.92 Å². The van der Waals surface area contributed by atoms with Crippen LogP contribution in [0.4, 0.5) is 5.69 Å². The van der Waals surface area contributed by atoms with Crippen LogP contribution >= 0.6 is 11.8 Å². The van der Waals surface area contributed by atoms with Crippen LogP contribution in [0.15, 0.2) is 47.4 Å². The van der Waals surface area contributed by atoms with Crippen LogP contribution in [0.25, 0.3) is 0 Å². The van der Waals surface area contributed by atoms with Crippen LogP contribution < -0.4 is 5.32 Å². The van der Waals surface area contributed by atoms with Gasteiger partial charge in [0.05, 0.1) is 36.8 Å². The van der Waals surface area contributed by atoms with E-state index in [1.165, 1.54) is 44.2 Å². The topological polar surface area (TPSA) is 81.7 Å². The number of anilines is 1. The predicted molar refractivity (Wildman–Crippen MR) is 99.7 cm³/mol. The molecule has 0 saturated carbocycles. The summed E-state index contributed by atoms with van der Waals surface area (Å²) in [6.45, 7) is 1.99. The molecule has 6 nitrogen and oxygen atoms in total. The summed E-state index contributed by atoms with van der Waals surface area (Å²) in [5.41, 5.74) is 1.73. The minimum absolute atomic E-state index is 0.159. The van der Waals surface area contributed by atoms with Crippen molar-refractivity contribution in [2.45, 2.75) is 11.8 Å². The Bertz CT molecular complexity index is 817. The summed E-state index contributed by atoms with van der Waals surface area (Å²) in [5, 5.41) is 2.66. The third-order valence-electron chi connectivity index (χ3n) is 3.51. The van der Waals surface area contributed by atoms with Crippen LogP contribution in [0.1, 0.15) is 26.3 Å². The highest BCUT2D eigenvalue weighted by molar-refractivity contribution is 8.00. The smallest absolute Gasteiger partial charge is 0.339 e. The van der Waals surface area contributed by atoms with Gasteiger partial charge in [0.15, 0.2) is 0 Å². The molecule has 0 atom stereocenters. The van der Waals surface area contributed by atoms with E-state index in [1.54, 1.807) is 0 Å². The molecular formula is C19H19NO5S. The summed E-state index contributed by atoms with van der Waals surface area (Å²) in [5.74, 6) is -1.32. The minimum atomic E-state index is -0.608. The number of aryl methyl sites for hydroxylation is 1. The summed E-state index contributed by atoms with van der Waals surface area (Å²) in [6, 6.07) is 12.1. The second kappa shape index (κ2) is 9.05. The molecule has 0 aliphatic rings. The average molecular weight is 373 g/mol. The van der Waals surface area contributed by atoms with Gasteiger partial charge in [0.2, 0.25) is 5.91 Å². The van der Waals surface area contributed by atoms with Crippen molar-refractivity contribution >= 4 is 35.3 Å². The van der Waals surface area contributed by atoms with Crippen LogP contribution in [0.2, 0.25) is 0 Å². The van der Waals surface area contributed by atoms with Crippen LogP contribution in [0.5, 0.6) is 0 Å². The number of hydrogen-bond acceptors (Lipinski definition) is 6. The molecule has 2 rings (SSSR count). The zero-order valence-corrected chi connectivity index (χ0v) is 15.5. The Morgan fingerprint density at radius 3 is 2.23 bits per heavy atom. The summed E-state index contributed by atoms with van der Waals surface area (Å²) in [6.07, 6.45) is 0. The minimum Gasteiger partial charge on any atom is -0.465 e. The van der Waals surface area contributed by atoms with E-state index in [0.29, 0.717) is 0 Å². The molecule has 0 aromatic heterocycles. The predicted octanol–water partition coefficient (Wildman–Crippen LogP) is 3.30. The van der Waals surface area contributed by atoms with E-state index in [-0.39, 0.29) is 28.5 Å². The quantitative estimate of drug-likeness (QED) is 0.618. The average Bonchev–Trinajstić information content (AvgIpc) is 2.66. The zero-order valence-electron chi connectivity index (χ0n) is 14.7. The first-order chi connectivity index (χ1) is 12.4. The summed E-state index contributed by atoms with van der Waals surface area (Å²) < 4.78 is 9.38. The first-order valence-electron chi connectivity index (χ1n) is 7.74. The van der Waals surface area contributed by atoms with Gasteiger partial charge in [-0.25, -0.2) is 9.59 Å². The van der Waals surface area contributed by atoms with Gasteiger partial charge in [-0.3, -0.25) is 4.79 Å². The number of carbonyl (C=O) groups excluding carboxylic acids is 3. The van der Waals surface area contributed by atoms with Gasteiger partial charge in [0.25, 0.3) is 0 Å². The van der Waals surface area contributed by atoms with E-state index < -0.39 is 11.9 Å². The van der Waals surface area contributed by atoms with Gasteiger partial charge in [-0.2, -0.15) is 0 Å². The molecule has 0 unspecified atom stereocenters. The molecule has 1 N–H and O–H groups in total.